The number of nitrogens with zero attached hydrogens (tertiary/aromatic N) is 7. The van der Waals surface area contributed by atoms with E-state index in [2.05, 4.69) is 57.9 Å². The van der Waals surface area contributed by atoms with Crippen LogP contribution in [-0.2, 0) is 13.0 Å². The molecule has 5 heterocycles. The van der Waals surface area contributed by atoms with Crippen molar-refractivity contribution in [3.05, 3.63) is 76.9 Å². The number of rotatable bonds is 8. The second-order valence-corrected chi connectivity index (χ2v) is 12.8. The molecule has 0 spiro atoms. The first-order valence-corrected chi connectivity index (χ1v) is 15.6. The Labute approximate surface area is 250 Å². The number of aryl methyl sites for hydroxylation is 1. The second kappa shape index (κ2) is 10.3. The number of aliphatic hydroxyl groups excluding tert-OH is 1. The van der Waals surface area contributed by atoms with E-state index in [9.17, 15) is 9.90 Å². The summed E-state index contributed by atoms with van der Waals surface area (Å²) in [6.07, 6.45) is 6.92. The summed E-state index contributed by atoms with van der Waals surface area (Å²) < 4.78 is 3.26. The number of aromatic nitrogens is 5. The molecule has 8 rings (SSSR count). The van der Waals surface area contributed by atoms with Gasteiger partial charge >= 0.3 is 0 Å². The van der Waals surface area contributed by atoms with Gasteiger partial charge in [-0.05, 0) is 86.3 Å². The molecule has 4 aliphatic rings. The van der Waals surface area contributed by atoms with Crippen LogP contribution >= 0.6 is 0 Å². The number of pyridine rings is 1. The summed E-state index contributed by atoms with van der Waals surface area (Å²) in [7, 11) is 0. The lowest BCUT2D eigenvalue weighted by Gasteiger charge is -2.27. The molecule has 2 aliphatic carbocycles. The smallest absolute Gasteiger partial charge is 0.278 e. The minimum atomic E-state index is -0.600. The van der Waals surface area contributed by atoms with E-state index in [0.717, 1.165) is 54.6 Å². The molecule has 2 unspecified atom stereocenters. The number of likely N-dealkylation sites (tertiary alicyclic amines) is 1. The van der Waals surface area contributed by atoms with E-state index in [4.69, 9.17) is 9.97 Å². The molecule has 2 saturated heterocycles. The van der Waals surface area contributed by atoms with Gasteiger partial charge in [-0.15, -0.1) is 6.58 Å². The van der Waals surface area contributed by atoms with E-state index in [-0.39, 0.29) is 12.1 Å². The van der Waals surface area contributed by atoms with Crippen LogP contribution in [0.5, 0.6) is 0 Å². The van der Waals surface area contributed by atoms with Crippen LogP contribution in [0, 0.1) is 17.8 Å². The first-order chi connectivity index (χ1) is 21.0. The van der Waals surface area contributed by atoms with E-state index in [1.807, 2.05) is 12.1 Å². The third kappa shape index (κ3) is 4.64. The molecule has 4 aromatic rings. The van der Waals surface area contributed by atoms with Crippen molar-refractivity contribution >= 4 is 28.4 Å². The van der Waals surface area contributed by atoms with Gasteiger partial charge in [-0.3, -0.25) is 9.69 Å². The molecule has 222 valence electrons. The van der Waals surface area contributed by atoms with Gasteiger partial charge in [0, 0.05) is 49.8 Å². The van der Waals surface area contributed by atoms with Crippen molar-refractivity contribution in [1.82, 2.24) is 29.2 Å². The summed E-state index contributed by atoms with van der Waals surface area (Å²) in [5, 5.41) is 14.2. The molecule has 2 aliphatic heterocycles. The number of benzene rings is 1. The number of aliphatic hydroxyl groups is 1. The molecule has 0 bridgehead atoms. The summed E-state index contributed by atoms with van der Waals surface area (Å²) in [6.45, 7) is 11.3. The van der Waals surface area contributed by atoms with Crippen molar-refractivity contribution in [2.45, 2.75) is 51.3 Å². The largest absolute Gasteiger partial charge is 0.387 e. The van der Waals surface area contributed by atoms with Gasteiger partial charge in [-0.1, -0.05) is 12.1 Å². The predicted molar refractivity (Wildman–Crippen MR) is 167 cm³/mol. The van der Waals surface area contributed by atoms with E-state index in [1.54, 1.807) is 21.6 Å². The standard InChI is InChI=1S/C33H38N8O2/c1-3-14-40-32(43)27-15-34-33(37-31(27)41(40)29-13-7-22-6-12-28(42)30(22)36-29)35-25-8-10-26(11-9-25)39-18-23-16-38(17-24(23)19-39)20(2)21-4-5-21/h3,7-11,13,15,20-21,23-24,28,42H,1,4-6,12,14,16-19H2,2H3,(H,34,35,37)/t20?,23-,24+,28?. The number of nitrogens with one attached hydrogen (secondary N) is 1. The molecule has 10 heteroatoms. The van der Waals surface area contributed by atoms with E-state index < -0.39 is 6.10 Å². The summed E-state index contributed by atoms with van der Waals surface area (Å²) in [5.41, 5.74) is 4.07. The van der Waals surface area contributed by atoms with Crippen molar-refractivity contribution in [2.24, 2.45) is 17.8 Å². The van der Waals surface area contributed by atoms with Crippen LogP contribution in [0.2, 0.25) is 0 Å². The fourth-order valence-corrected chi connectivity index (χ4v) is 7.48. The first-order valence-electron chi connectivity index (χ1n) is 15.6. The number of hydrogen-bond donors (Lipinski definition) is 2. The summed E-state index contributed by atoms with van der Waals surface area (Å²) >= 11 is 0. The Morgan fingerprint density at radius 1 is 1.05 bits per heavy atom. The highest BCUT2D eigenvalue weighted by Crippen LogP contribution is 2.41. The van der Waals surface area contributed by atoms with Gasteiger partial charge < -0.3 is 15.3 Å². The quantitative estimate of drug-likeness (QED) is 0.302. The van der Waals surface area contributed by atoms with Gasteiger partial charge in [0.2, 0.25) is 5.95 Å². The predicted octanol–water partition coefficient (Wildman–Crippen LogP) is 4.05. The summed E-state index contributed by atoms with van der Waals surface area (Å²) in [6, 6.07) is 13.1. The van der Waals surface area contributed by atoms with Crippen molar-refractivity contribution < 1.29 is 5.11 Å². The second-order valence-electron chi connectivity index (χ2n) is 12.8. The van der Waals surface area contributed by atoms with Crippen molar-refractivity contribution in [2.75, 3.05) is 36.4 Å². The minimum absolute atomic E-state index is 0.214. The molecule has 0 radical (unpaired) electrons. The minimum Gasteiger partial charge on any atom is -0.387 e. The first kappa shape index (κ1) is 26.6. The fourth-order valence-electron chi connectivity index (χ4n) is 7.48. The Bertz CT molecular complexity index is 1740. The van der Waals surface area contributed by atoms with Crippen molar-refractivity contribution in [1.29, 1.82) is 0 Å². The summed E-state index contributed by atoms with van der Waals surface area (Å²) in [4.78, 5) is 32.6. The monoisotopic (exact) mass is 578 g/mol. The molecule has 3 fully saturated rings. The number of anilines is 3. The maximum absolute atomic E-state index is 13.3. The average molecular weight is 579 g/mol. The third-order valence-electron chi connectivity index (χ3n) is 10.1. The zero-order valence-electron chi connectivity index (χ0n) is 24.6. The topological polar surface area (TPSA) is 104 Å². The highest BCUT2D eigenvalue weighted by molar-refractivity contribution is 5.77. The Hall–Kier alpha value is -4.02. The maximum atomic E-state index is 13.3. The van der Waals surface area contributed by atoms with E-state index in [1.165, 1.54) is 31.6 Å². The molecule has 3 aromatic heterocycles. The van der Waals surface area contributed by atoms with Gasteiger partial charge in [0.15, 0.2) is 11.5 Å². The van der Waals surface area contributed by atoms with Crippen LogP contribution in [0.25, 0.3) is 16.9 Å². The highest BCUT2D eigenvalue weighted by Gasteiger charge is 2.44. The van der Waals surface area contributed by atoms with Gasteiger partial charge in [0.1, 0.15) is 5.39 Å². The van der Waals surface area contributed by atoms with Crippen LogP contribution < -0.4 is 15.8 Å². The molecule has 2 N–H and O–H groups in total. The molecular formula is C33H38N8O2. The van der Waals surface area contributed by atoms with Crippen LogP contribution in [0.15, 0.2) is 60.0 Å². The molecular weight excluding hydrogens is 540 g/mol. The normalized spacial score (nSPS) is 24.0. The average Bonchev–Trinajstić information content (AvgIpc) is 3.40. The zero-order chi connectivity index (χ0) is 29.2. The molecule has 1 saturated carbocycles. The number of fused-ring (bicyclic) bond motifs is 3. The Morgan fingerprint density at radius 3 is 2.53 bits per heavy atom. The highest BCUT2D eigenvalue weighted by atomic mass is 16.3. The van der Waals surface area contributed by atoms with Crippen molar-refractivity contribution in [3.8, 4) is 5.82 Å². The lowest BCUT2D eigenvalue weighted by atomic mass is 10.0. The zero-order valence-corrected chi connectivity index (χ0v) is 24.6. The maximum Gasteiger partial charge on any atom is 0.278 e. The van der Waals surface area contributed by atoms with Crippen LogP contribution in [-0.4, -0.2) is 66.5 Å². The van der Waals surface area contributed by atoms with Crippen LogP contribution in [0.3, 0.4) is 0 Å². The van der Waals surface area contributed by atoms with Crippen LogP contribution in [0.1, 0.15) is 43.5 Å². The molecule has 4 atom stereocenters. The Morgan fingerprint density at radius 2 is 1.81 bits per heavy atom. The molecule has 43 heavy (non-hydrogen) atoms. The van der Waals surface area contributed by atoms with Crippen LogP contribution in [0.4, 0.5) is 17.3 Å². The van der Waals surface area contributed by atoms with Gasteiger partial charge in [0.25, 0.3) is 5.56 Å². The van der Waals surface area contributed by atoms with Crippen molar-refractivity contribution in [3.63, 3.8) is 0 Å². The molecule has 10 nitrogen and oxygen atoms in total. The molecule has 1 aromatic carbocycles. The Kier molecular flexibility index (Phi) is 6.38. The lowest BCUT2D eigenvalue weighted by molar-refractivity contribution is 0.175. The summed E-state index contributed by atoms with van der Waals surface area (Å²) in [5.74, 6) is 3.38. The third-order valence-corrected chi connectivity index (χ3v) is 10.1. The molecule has 0 amide bonds. The SMILES string of the molecule is C=CCn1c(=O)c2cnc(Nc3ccc(N4C[C@@H]5CN(C(C)C6CC6)C[C@@H]5C4)cc3)nc2n1-c1ccc2c(n1)C(O)CC2. The number of allylic oxidation sites excluding steroid dienone is 1. The number of hydrogen-bond acceptors (Lipinski definition) is 8. The lowest BCUT2D eigenvalue weighted by Crippen LogP contribution is -2.35. The van der Waals surface area contributed by atoms with Gasteiger partial charge in [-0.2, -0.15) is 4.98 Å². The van der Waals surface area contributed by atoms with E-state index in [0.29, 0.717) is 34.9 Å². The van der Waals surface area contributed by atoms with Gasteiger partial charge in [-0.25, -0.2) is 19.3 Å². The van der Waals surface area contributed by atoms with E-state index >= 15 is 0 Å². The Balaban J connectivity index is 1.02. The van der Waals surface area contributed by atoms with Gasteiger partial charge in [0.05, 0.1) is 18.3 Å². The fraction of sp³-hybridized carbons (Fsp3) is 0.455.